The van der Waals surface area contributed by atoms with Crippen LogP contribution < -0.4 is 4.90 Å². The van der Waals surface area contributed by atoms with Crippen molar-refractivity contribution in [2.24, 2.45) is 0 Å². The standard InChI is InChI=1S/C36H23NO/c1-2-10-28(11-3-1)37(29-17-16-24-8-4-5-9-25(24)20-29)30-18-19-31-26(21-30)14-15-27-22-36-34(23-33(27)31)32-12-6-7-13-35(32)38-36/h1-23H. The van der Waals surface area contributed by atoms with Gasteiger partial charge in [0.05, 0.1) is 0 Å². The molecule has 2 heteroatoms. The molecule has 0 unspecified atom stereocenters. The van der Waals surface area contributed by atoms with Crippen molar-refractivity contribution in [3.8, 4) is 0 Å². The molecule has 0 saturated heterocycles. The monoisotopic (exact) mass is 485 g/mol. The van der Waals surface area contributed by atoms with Crippen molar-refractivity contribution >= 4 is 71.3 Å². The SMILES string of the molecule is c1ccc(N(c2ccc3ccccc3c2)c2ccc3c(ccc4cc5oc6ccccc6c5cc43)c2)cc1. The number of hydrogen-bond donors (Lipinski definition) is 0. The summed E-state index contributed by atoms with van der Waals surface area (Å²) < 4.78 is 6.15. The Hall–Kier alpha value is -5.08. The molecule has 2 nitrogen and oxygen atoms in total. The van der Waals surface area contributed by atoms with Gasteiger partial charge in [-0.3, -0.25) is 0 Å². The van der Waals surface area contributed by atoms with Gasteiger partial charge in [-0.15, -0.1) is 0 Å². The van der Waals surface area contributed by atoms with Gasteiger partial charge in [-0.2, -0.15) is 0 Å². The lowest BCUT2D eigenvalue weighted by Crippen LogP contribution is -2.09. The summed E-state index contributed by atoms with van der Waals surface area (Å²) >= 11 is 0. The average molecular weight is 486 g/mol. The second-order valence-electron chi connectivity index (χ2n) is 9.84. The molecule has 0 aliphatic rings. The van der Waals surface area contributed by atoms with Gasteiger partial charge in [-0.1, -0.05) is 84.9 Å². The minimum absolute atomic E-state index is 0.929. The first-order chi connectivity index (χ1) is 18.8. The lowest BCUT2D eigenvalue weighted by molar-refractivity contribution is 0.669. The molecular formula is C36H23NO. The topological polar surface area (TPSA) is 16.4 Å². The molecule has 8 aromatic rings. The largest absolute Gasteiger partial charge is 0.456 e. The summed E-state index contributed by atoms with van der Waals surface area (Å²) in [6.45, 7) is 0. The van der Waals surface area contributed by atoms with Gasteiger partial charge in [0.25, 0.3) is 0 Å². The maximum absolute atomic E-state index is 6.15. The van der Waals surface area contributed by atoms with Gasteiger partial charge in [-0.25, -0.2) is 0 Å². The molecule has 0 spiro atoms. The number of hydrogen-bond acceptors (Lipinski definition) is 2. The van der Waals surface area contributed by atoms with Crippen LogP contribution in [0.3, 0.4) is 0 Å². The molecule has 0 bridgehead atoms. The fourth-order valence-corrected chi connectivity index (χ4v) is 5.75. The van der Waals surface area contributed by atoms with Gasteiger partial charge >= 0.3 is 0 Å². The first-order valence-electron chi connectivity index (χ1n) is 12.9. The fraction of sp³-hybridized carbons (Fsp3) is 0. The van der Waals surface area contributed by atoms with Crippen LogP contribution >= 0.6 is 0 Å². The van der Waals surface area contributed by atoms with E-state index < -0.39 is 0 Å². The van der Waals surface area contributed by atoms with Crippen LogP contribution in [-0.2, 0) is 0 Å². The number of furan rings is 1. The highest BCUT2D eigenvalue weighted by Gasteiger charge is 2.15. The first kappa shape index (κ1) is 21.0. The lowest BCUT2D eigenvalue weighted by Gasteiger charge is -2.26. The number of para-hydroxylation sites is 2. The zero-order valence-corrected chi connectivity index (χ0v) is 20.6. The van der Waals surface area contributed by atoms with Crippen LogP contribution in [0.4, 0.5) is 17.1 Å². The van der Waals surface area contributed by atoms with E-state index in [1.807, 2.05) is 12.1 Å². The van der Waals surface area contributed by atoms with Gasteiger partial charge in [0.15, 0.2) is 0 Å². The minimum atomic E-state index is 0.929. The van der Waals surface area contributed by atoms with Gasteiger partial charge < -0.3 is 9.32 Å². The third-order valence-electron chi connectivity index (χ3n) is 7.58. The van der Waals surface area contributed by atoms with Crippen molar-refractivity contribution in [2.45, 2.75) is 0 Å². The van der Waals surface area contributed by atoms with Crippen molar-refractivity contribution < 1.29 is 4.42 Å². The Morgan fingerprint density at radius 3 is 1.87 bits per heavy atom. The van der Waals surface area contributed by atoms with Crippen molar-refractivity contribution in [3.05, 3.63) is 140 Å². The molecule has 0 saturated carbocycles. The Morgan fingerprint density at radius 1 is 0.342 bits per heavy atom. The molecule has 0 amide bonds. The van der Waals surface area contributed by atoms with Crippen LogP contribution in [0.5, 0.6) is 0 Å². The van der Waals surface area contributed by atoms with E-state index in [0.717, 1.165) is 39.0 Å². The molecule has 0 N–H and O–H groups in total. The minimum Gasteiger partial charge on any atom is -0.456 e. The summed E-state index contributed by atoms with van der Waals surface area (Å²) in [5.74, 6) is 0. The molecule has 1 aromatic heterocycles. The molecule has 0 aliphatic carbocycles. The number of rotatable bonds is 3. The molecule has 38 heavy (non-hydrogen) atoms. The van der Waals surface area contributed by atoms with Gasteiger partial charge in [0.1, 0.15) is 11.2 Å². The number of nitrogens with zero attached hydrogens (tertiary/aromatic N) is 1. The Morgan fingerprint density at radius 2 is 1.00 bits per heavy atom. The molecule has 178 valence electrons. The summed E-state index contributed by atoms with van der Waals surface area (Å²) in [6, 6.07) is 49.7. The van der Waals surface area contributed by atoms with E-state index in [-0.39, 0.29) is 0 Å². The quantitative estimate of drug-likeness (QED) is 0.231. The zero-order valence-electron chi connectivity index (χ0n) is 20.6. The van der Waals surface area contributed by atoms with Gasteiger partial charge in [0, 0.05) is 27.8 Å². The fourth-order valence-electron chi connectivity index (χ4n) is 5.75. The molecule has 0 atom stereocenters. The highest BCUT2D eigenvalue weighted by molar-refractivity contribution is 6.16. The smallest absolute Gasteiger partial charge is 0.136 e. The van der Waals surface area contributed by atoms with Crippen LogP contribution in [0.2, 0.25) is 0 Å². The second-order valence-corrected chi connectivity index (χ2v) is 9.84. The number of benzene rings is 7. The third-order valence-corrected chi connectivity index (χ3v) is 7.58. The van der Waals surface area contributed by atoms with Crippen molar-refractivity contribution in [1.29, 1.82) is 0 Å². The van der Waals surface area contributed by atoms with Crippen molar-refractivity contribution in [1.82, 2.24) is 0 Å². The van der Waals surface area contributed by atoms with Gasteiger partial charge in [0.2, 0.25) is 0 Å². The molecular weight excluding hydrogens is 462 g/mol. The molecule has 0 fully saturated rings. The van der Waals surface area contributed by atoms with Crippen LogP contribution in [0.15, 0.2) is 144 Å². The number of fused-ring (bicyclic) bond motifs is 7. The number of anilines is 3. The highest BCUT2D eigenvalue weighted by Crippen LogP contribution is 2.40. The van der Waals surface area contributed by atoms with Gasteiger partial charge in [-0.05, 0) is 86.9 Å². The molecule has 7 aromatic carbocycles. The molecule has 8 rings (SSSR count). The van der Waals surface area contributed by atoms with Crippen LogP contribution in [0, 0.1) is 0 Å². The predicted octanol–water partition coefficient (Wildman–Crippen LogP) is 10.5. The predicted molar refractivity (Wildman–Crippen MR) is 161 cm³/mol. The third kappa shape index (κ3) is 3.28. The Kier molecular flexibility index (Phi) is 4.55. The summed E-state index contributed by atoms with van der Waals surface area (Å²) in [7, 11) is 0. The van der Waals surface area contributed by atoms with E-state index in [2.05, 4.69) is 132 Å². The van der Waals surface area contributed by atoms with E-state index in [1.165, 1.54) is 32.3 Å². The van der Waals surface area contributed by atoms with E-state index >= 15 is 0 Å². The molecule has 1 heterocycles. The summed E-state index contributed by atoms with van der Waals surface area (Å²) in [5, 5.41) is 9.67. The highest BCUT2D eigenvalue weighted by atomic mass is 16.3. The Balaban J connectivity index is 1.34. The van der Waals surface area contributed by atoms with Crippen molar-refractivity contribution in [2.75, 3.05) is 4.90 Å². The summed E-state index contributed by atoms with van der Waals surface area (Å²) in [5.41, 5.74) is 5.27. The summed E-state index contributed by atoms with van der Waals surface area (Å²) in [4.78, 5) is 2.34. The maximum atomic E-state index is 6.15. The molecule has 0 radical (unpaired) electrons. The van der Waals surface area contributed by atoms with Crippen LogP contribution in [-0.4, -0.2) is 0 Å². The molecule has 0 aliphatic heterocycles. The van der Waals surface area contributed by atoms with E-state index in [9.17, 15) is 0 Å². The summed E-state index contributed by atoms with van der Waals surface area (Å²) in [6.07, 6.45) is 0. The first-order valence-corrected chi connectivity index (χ1v) is 12.9. The van der Waals surface area contributed by atoms with E-state index in [4.69, 9.17) is 4.42 Å². The van der Waals surface area contributed by atoms with Crippen LogP contribution in [0.1, 0.15) is 0 Å². The Labute approximate surface area is 220 Å². The van der Waals surface area contributed by atoms with E-state index in [1.54, 1.807) is 0 Å². The zero-order chi connectivity index (χ0) is 25.1. The van der Waals surface area contributed by atoms with E-state index in [0.29, 0.717) is 0 Å². The Bertz CT molecular complexity index is 2140. The van der Waals surface area contributed by atoms with Crippen molar-refractivity contribution in [3.63, 3.8) is 0 Å². The maximum Gasteiger partial charge on any atom is 0.136 e. The normalized spacial score (nSPS) is 11.7. The average Bonchev–Trinajstić information content (AvgIpc) is 3.34. The van der Waals surface area contributed by atoms with Crippen LogP contribution in [0.25, 0.3) is 54.3 Å². The lowest BCUT2D eigenvalue weighted by atomic mass is 9.99. The second kappa shape index (κ2) is 8.22.